The summed E-state index contributed by atoms with van der Waals surface area (Å²) in [5, 5.41) is 5.86. The summed E-state index contributed by atoms with van der Waals surface area (Å²) in [6, 6.07) is -0.196. The summed E-state index contributed by atoms with van der Waals surface area (Å²) >= 11 is 0. The van der Waals surface area contributed by atoms with Crippen LogP contribution in [0.2, 0.25) is 0 Å². The average Bonchev–Trinajstić information content (AvgIpc) is 2.55. The third kappa shape index (κ3) is 3.37. The SMILES string of the molecule is CN(C)C(=O)NCCNC1CCN(C)C1=O. The fourth-order valence-electron chi connectivity index (χ4n) is 1.59. The van der Waals surface area contributed by atoms with Crippen LogP contribution in [-0.4, -0.2) is 68.6 Å². The number of carbonyl (C=O) groups is 2. The first-order chi connectivity index (χ1) is 7.52. The molecular weight excluding hydrogens is 208 g/mol. The third-order valence-electron chi connectivity index (χ3n) is 2.63. The lowest BCUT2D eigenvalue weighted by atomic mass is 10.2. The van der Waals surface area contributed by atoms with E-state index in [9.17, 15) is 9.59 Å². The van der Waals surface area contributed by atoms with Crippen molar-refractivity contribution >= 4 is 11.9 Å². The number of hydrogen-bond donors (Lipinski definition) is 2. The van der Waals surface area contributed by atoms with Crippen LogP contribution >= 0.6 is 0 Å². The van der Waals surface area contributed by atoms with Gasteiger partial charge in [0.05, 0.1) is 6.04 Å². The molecule has 0 aromatic carbocycles. The van der Waals surface area contributed by atoms with Gasteiger partial charge in [-0.3, -0.25) is 4.79 Å². The summed E-state index contributed by atoms with van der Waals surface area (Å²) in [6.07, 6.45) is 0.844. The van der Waals surface area contributed by atoms with Crippen LogP contribution in [0.5, 0.6) is 0 Å². The van der Waals surface area contributed by atoms with Gasteiger partial charge in [-0.2, -0.15) is 0 Å². The Morgan fingerprint density at radius 1 is 1.50 bits per heavy atom. The molecular formula is C10H20N4O2. The predicted molar refractivity (Wildman–Crippen MR) is 61.1 cm³/mol. The zero-order chi connectivity index (χ0) is 12.1. The molecule has 0 aromatic rings. The minimum Gasteiger partial charge on any atom is -0.344 e. The van der Waals surface area contributed by atoms with Gasteiger partial charge in [-0.25, -0.2) is 4.79 Å². The second kappa shape index (κ2) is 5.69. The van der Waals surface area contributed by atoms with Gasteiger partial charge in [0.1, 0.15) is 0 Å². The highest BCUT2D eigenvalue weighted by Gasteiger charge is 2.27. The van der Waals surface area contributed by atoms with Gasteiger partial charge in [-0.15, -0.1) is 0 Å². The van der Waals surface area contributed by atoms with Crippen molar-refractivity contribution in [2.75, 3.05) is 40.8 Å². The summed E-state index contributed by atoms with van der Waals surface area (Å²) in [6.45, 7) is 1.95. The molecule has 16 heavy (non-hydrogen) atoms. The van der Waals surface area contributed by atoms with E-state index in [0.717, 1.165) is 13.0 Å². The van der Waals surface area contributed by atoms with E-state index in [1.54, 1.807) is 26.0 Å². The minimum absolute atomic E-state index is 0.0822. The molecule has 92 valence electrons. The second-order valence-electron chi connectivity index (χ2n) is 4.18. The Hall–Kier alpha value is -1.30. The summed E-state index contributed by atoms with van der Waals surface area (Å²) in [7, 11) is 5.19. The van der Waals surface area contributed by atoms with Gasteiger partial charge in [-0.05, 0) is 6.42 Å². The van der Waals surface area contributed by atoms with Gasteiger partial charge in [0.2, 0.25) is 5.91 Å². The Morgan fingerprint density at radius 2 is 2.19 bits per heavy atom. The number of urea groups is 1. The molecule has 0 aliphatic carbocycles. The van der Waals surface area contributed by atoms with Crippen LogP contribution in [0.25, 0.3) is 0 Å². The molecule has 6 heteroatoms. The van der Waals surface area contributed by atoms with E-state index in [-0.39, 0.29) is 18.0 Å². The molecule has 1 heterocycles. The molecule has 0 spiro atoms. The van der Waals surface area contributed by atoms with E-state index >= 15 is 0 Å². The number of likely N-dealkylation sites (N-methyl/N-ethyl adjacent to an activating group) is 1. The van der Waals surface area contributed by atoms with Crippen LogP contribution in [0.15, 0.2) is 0 Å². The van der Waals surface area contributed by atoms with E-state index in [1.807, 2.05) is 0 Å². The van der Waals surface area contributed by atoms with Crippen LogP contribution in [-0.2, 0) is 4.79 Å². The number of amides is 3. The van der Waals surface area contributed by atoms with Crippen molar-refractivity contribution in [3.05, 3.63) is 0 Å². The number of hydrogen-bond acceptors (Lipinski definition) is 3. The van der Waals surface area contributed by atoms with Gasteiger partial charge in [0.25, 0.3) is 0 Å². The number of rotatable bonds is 4. The highest BCUT2D eigenvalue weighted by molar-refractivity contribution is 5.83. The molecule has 0 radical (unpaired) electrons. The molecule has 1 aliphatic heterocycles. The second-order valence-corrected chi connectivity index (χ2v) is 4.18. The van der Waals surface area contributed by atoms with Crippen molar-refractivity contribution in [2.45, 2.75) is 12.5 Å². The Bertz CT molecular complexity index is 268. The first-order valence-corrected chi connectivity index (χ1v) is 5.46. The maximum atomic E-state index is 11.5. The zero-order valence-corrected chi connectivity index (χ0v) is 10.1. The maximum Gasteiger partial charge on any atom is 0.316 e. The van der Waals surface area contributed by atoms with E-state index < -0.39 is 0 Å². The van der Waals surface area contributed by atoms with E-state index in [4.69, 9.17) is 0 Å². The molecule has 1 saturated heterocycles. The number of carbonyl (C=O) groups excluding carboxylic acids is 2. The topological polar surface area (TPSA) is 64.7 Å². The highest BCUT2D eigenvalue weighted by atomic mass is 16.2. The molecule has 1 fully saturated rings. The first kappa shape index (κ1) is 12.8. The van der Waals surface area contributed by atoms with Crippen molar-refractivity contribution in [3.63, 3.8) is 0 Å². The molecule has 3 amide bonds. The molecule has 1 aliphatic rings. The smallest absolute Gasteiger partial charge is 0.316 e. The molecule has 0 bridgehead atoms. The van der Waals surface area contributed by atoms with Gasteiger partial charge in [-0.1, -0.05) is 0 Å². The van der Waals surface area contributed by atoms with Gasteiger partial charge in [0, 0.05) is 40.8 Å². The Morgan fingerprint density at radius 3 is 2.69 bits per heavy atom. The standard InChI is InChI=1S/C10H20N4O2/c1-13(2)10(16)12-6-5-11-8-4-7-14(3)9(8)15/h8,11H,4-7H2,1-3H3,(H,12,16). The summed E-state index contributed by atoms with van der Waals surface area (Å²) in [4.78, 5) is 25.9. The van der Waals surface area contributed by atoms with Crippen molar-refractivity contribution in [2.24, 2.45) is 0 Å². The van der Waals surface area contributed by atoms with Crippen LogP contribution in [0.1, 0.15) is 6.42 Å². The lowest BCUT2D eigenvalue weighted by molar-refractivity contribution is -0.128. The molecule has 0 aromatic heterocycles. The van der Waals surface area contributed by atoms with E-state index in [1.165, 1.54) is 4.90 Å². The minimum atomic E-state index is -0.114. The van der Waals surface area contributed by atoms with Gasteiger partial charge in [0.15, 0.2) is 0 Å². The van der Waals surface area contributed by atoms with Crippen LogP contribution < -0.4 is 10.6 Å². The van der Waals surface area contributed by atoms with E-state index in [2.05, 4.69) is 10.6 Å². The summed E-state index contributed by atoms with van der Waals surface area (Å²) in [5.74, 6) is 0.138. The third-order valence-corrected chi connectivity index (χ3v) is 2.63. The molecule has 1 atom stereocenters. The Balaban J connectivity index is 2.12. The summed E-state index contributed by atoms with van der Waals surface area (Å²) < 4.78 is 0. The van der Waals surface area contributed by atoms with Crippen LogP contribution in [0.4, 0.5) is 4.79 Å². The highest BCUT2D eigenvalue weighted by Crippen LogP contribution is 2.07. The van der Waals surface area contributed by atoms with Crippen molar-refractivity contribution in [1.29, 1.82) is 0 Å². The van der Waals surface area contributed by atoms with Gasteiger partial charge >= 0.3 is 6.03 Å². The van der Waals surface area contributed by atoms with Crippen molar-refractivity contribution in [3.8, 4) is 0 Å². The quantitative estimate of drug-likeness (QED) is 0.612. The fourth-order valence-corrected chi connectivity index (χ4v) is 1.59. The first-order valence-electron chi connectivity index (χ1n) is 5.46. The van der Waals surface area contributed by atoms with Crippen LogP contribution in [0.3, 0.4) is 0 Å². The molecule has 0 saturated carbocycles. The Labute approximate surface area is 96.0 Å². The van der Waals surface area contributed by atoms with Crippen molar-refractivity contribution in [1.82, 2.24) is 20.4 Å². The number of likely N-dealkylation sites (tertiary alicyclic amines) is 1. The average molecular weight is 228 g/mol. The number of nitrogens with zero attached hydrogens (tertiary/aromatic N) is 2. The summed E-state index contributed by atoms with van der Waals surface area (Å²) in [5.41, 5.74) is 0. The lowest BCUT2D eigenvalue weighted by Crippen LogP contribution is -2.43. The monoisotopic (exact) mass is 228 g/mol. The normalized spacial score (nSPS) is 20.1. The maximum absolute atomic E-state index is 11.5. The molecule has 2 N–H and O–H groups in total. The molecule has 1 rings (SSSR count). The number of nitrogens with one attached hydrogen (secondary N) is 2. The predicted octanol–water partition coefficient (Wildman–Crippen LogP) is -0.922. The fraction of sp³-hybridized carbons (Fsp3) is 0.800. The lowest BCUT2D eigenvalue weighted by Gasteiger charge is -2.14. The van der Waals surface area contributed by atoms with E-state index in [0.29, 0.717) is 13.1 Å². The largest absolute Gasteiger partial charge is 0.344 e. The van der Waals surface area contributed by atoms with Crippen LogP contribution in [0, 0.1) is 0 Å². The Kier molecular flexibility index (Phi) is 4.54. The molecule has 6 nitrogen and oxygen atoms in total. The zero-order valence-electron chi connectivity index (χ0n) is 10.1. The van der Waals surface area contributed by atoms with Crippen molar-refractivity contribution < 1.29 is 9.59 Å². The molecule has 1 unspecified atom stereocenters. The van der Waals surface area contributed by atoms with Gasteiger partial charge < -0.3 is 20.4 Å².